The number of halogens is 1. The van der Waals surface area contributed by atoms with Gasteiger partial charge >= 0.3 is 0 Å². The van der Waals surface area contributed by atoms with Crippen LogP contribution in [0.15, 0.2) is 0 Å². The quantitative estimate of drug-likeness (QED) is 0.510. The lowest BCUT2D eigenvalue weighted by Gasteiger charge is -2.04. The van der Waals surface area contributed by atoms with E-state index < -0.39 is 6.17 Å². The Kier molecular flexibility index (Phi) is 1.81. The molecule has 1 radical (unpaired) electrons. The first-order chi connectivity index (χ1) is 3.84. The van der Waals surface area contributed by atoms with Crippen molar-refractivity contribution in [2.24, 2.45) is 0 Å². The van der Waals surface area contributed by atoms with Crippen LogP contribution in [0.4, 0.5) is 4.39 Å². The van der Waals surface area contributed by atoms with Crippen molar-refractivity contribution in [2.75, 3.05) is 13.7 Å². The largest absolute Gasteiger partial charge is 0.346 e. The Morgan fingerprint density at radius 2 is 2.62 bits per heavy atom. The summed E-state index contributed by atoms with van der Waals surface area (Å²) >= 11 is 0. The van der Waals surface area contributed by atoms with E-state index in [0.717, 1.165) is 0 Å². The number of hydrogen-bond acceptors (Lipinski definition) is 2. The summed E-state index contributed by atoms with van der Waals surface area (Å²) in [6.07, 6.45) is -0.437. The van der Waals surface area contributed by atoms with Crippen LogP contribution in [0.25, 0.3) is 0 Å². The molecule has 1 saturated heterocycles. The molecule has 0 N–H and O–H groups in total. The van der Waals surface area contributed by atoms with Gasteiger partial charge in [-0.05, 0) is 0 Å². The minimum Gasteiger partial charge on any atom is -0.346 e. The summed E-state index contributed by atoms with van der Waals surface area (Å²) in [7, 11) is 1.41. The second-order valence-electron chi connectivity index (χ2n) is 1.63. The molecule has 3 heteroatoms. The molecule has 0 bridgehead atoms. The molecule has 1 unspecified atom stereocenters. The molecule has 1 aliphatic rings. The number of hydrogen-bond donors (Lipinski definition) is 0. The third-order valence-electron chi connectivity index (χ3n) is 1.07. The van der Waals surface area contributed by atoms with Crippen LogP contribution < -0.4 is 0 Å². The van der Waals surface area contributed by atoms with E-state index >= 15 is 0 Å². The molecule has 0 aliphatic carbocycles. The standard InChI is InChI=1S/C5H8FO2/c1-7-5-4(6)2-3-8-5/h4H,2-3H2,1H3. The topological polar surface area (TPSA) is 18.5 Å². The highest BCUT2D eigenvalue weighted by molar-refractivity contribution is 4.82. The van der Waals surface area contributed by atoms with Gasteiger partial charge in [-0.25, -0.2) is 4.39 Å². The van der Waals surface area contributed by atoms with Crippen molar-refractivity contribution in [1.29, 1.82) is 0 Å². The van der Waals surface area contributed by atoms with Crippen LogP contribution in [0.2, 0.25) is 0 Å². The fourth-order valence-corrected chi connectivity index (χ4v) is 0.658. The van der Waals surface area contributed by atoms with Gasteiger partial charge in [0.1, 0.15) is 0 Å². The lowest BCUT2D eigenvalue weighted by atomic mass is 10.3. The van der Waals surface area contributed by atoms with Crippen molar-refractivity contribution >= 4 is 0 Å². The molecule has 1 fully saturated rings. The Morgan fingerprint density at radius 3 is 2.88 bits per heavy atom. The van der Waals surface area contributed by atoms with E-state index in [1.54, 1.807) is 0 Å². The third-order valence-corrected chi connectivity index (χ3v) is 1.07. The van der Waals surface area contributed by atoms with E-state index in [0.29, 0.717) is 13.0 Å². The molecule has 1 heterocycles. The van der Waals surface area contributed by atoms with Gasteiger partial charge in [-0.3, -0.25) is 0 Å². The van der Waals surface area contributed by atoms with E-state index in [1.165, 1.54) is 7.11 Å². The number of ether oxygens (including phenoxy) is 2. The Morgan fingerprint density at radius 1 is 1.88 bits per heavy atom. The van der Waals surface area contributed by atoms with E-state index in [-0.39, 0.29) is 6.29 Å². The second kappa shape index (κ2) is 2.42. The number of methoxy groups -OCH3 is 1. The molecule has 0 amide bonds. The molecule has 0 aromatic rings. The maximum absolute atomic E-state index is 12.3. The summed E-state index contributed by atoms with van der Waals surface area (Å²) in [5.74, 6) is 0. The normalized spacial score (nSPS) is 31.5. The van der Waals surface area contributed by atoms with Crippen molar-refractivity contribution < 1.29 is 13.9 Å². The average molecular weight is 119 g/mol. The molecule has 47 valence electrons. The lowest BCUT2D eigenvalue weighted by molar-refractivity contribution is -0.0124. The van der Waals surface area contributed by atoms with Crippen molar-refractivity contribution in [1.82, 2.24) is 0 Å². The maximum Gasteiger partial charge on any atom is 0.259 e. The molecule has 1 atom stereocenters. The fourth-order valence-electron chi connectivity index (χ4n) is 0.658. The molecule has 0 saturated carbocycles. The first-order valence-electron chi connectivity index (χ1n) is 2.52. The van der Waals surface area contributed by atoms with Crippen LogP contribution in [0.1, 0.15) is 6.42 Å². The zero-order valence-corrected chi connectivity index (χ0v) is 4.69. The predicted octanol–water partition coefficient (Wildman–Crippen LogP) is 0.881. The Balaban J connectivity index is 2.30. The number of rotatable bonds is 1. The number of alkyl halides is 1. The molecule has 8 heavy (non-hydrogen) atoms. The Hall–Kier alpha value is -0.150. The van der Waals surface area contributed by atoms with Crippen molar-refractivity contribution in [3.63, 3.8) is 0 Å². The monoisotopic (exact) mass is 119 g/mol. The van der Waals surface area contributed by atoms with Crippen molar-refractivity contribution in [2.45, 2.75) is 12.6 Å². The summed E-state index contributed by atoms with van der Waals surface area (Å²) in [5.41, 5.74) is 0. The van der Waals surface area contributed by atoms with Crippen LogP contribution in [0.5, 0.6) is 0 Å². The van der Waals surface area contributed by atoms with Crippen molar-refractivity contribution in [3.05, 3.63) is 6.29 Å². The zero-order valence-electron chi connectivity index (χ0n) is 4.69. The van der Waals surface area contributed by atoms with Crippen LogP contribution in [-0.4, -0.2) is 19.9 Å². The van der Waals surface area contributed by atoms with Crippen LogP contribution in [0, 0.1) is 6.29 Å². The third kappa shape index (κ3) is 0.980. The molecular formula is C5H8FO2. The van der Waals surface area contributed by atoms with Gasteiger partial charge < -0.3 is 9.47 Å². The second-order valence-corrected chi connectivity index (χ2v) is 1.63. The highest BCUT2D eigenvalue weighted by Crippen LogP contribution is 2.23. The van der Waals surface area contributed by atoms with Gasteiger partial charge in [0.2, 0.25) is 0 Å². The predicted molar refractivity (Wildman–Crippen MR) is 25.7 cm³/mol. The molecule has 0 spiro atoms. The smallest absolute Gasteiger partial charge is 0.259 e. The highest BCUT2D eigenvalue weighted by atomic mass is 19.1. The maximum atomic E-state index is 12.3. The SMILES string of the molecule is CO[C]1OCCC1F. The molecule has 2 nitrogen and oxygen atoms in total. The fraction of sp³-hybridized carbons (Fsp3) is 0.800. The summed E-state index contributed by atoms with van der Waals surface area (Å²) in [5, 5.41) is 0. The summed E-state index contributed by atoms with van der Waals surface area (Å²) in [4.78, 5) is 0. The van der Waals surface area contributed by atoms with Crippen LogP contribution in [0.3, 0.4) is 0 Å². The van der Waals surface area contributed by atoms with Gasteiger partial charge in [-0.15, -0.1) is 0 Å². The molecular weight excluding hydrogens is 111 g/mol. The molecule has 0 aromatic carbocycles. The zero-order chi connectivity index (χ0) is 5.98. The Labute approximate surface area is 47.6 Å². The van der Waals surface area contributed by atoms with E-state index in [9.17, 15) is 4.39 Å². The van der Waals surface area contributed by atoms with Crippen LogP contribution >= 0.6 is 0 Å². The average Bonchev–Trinajstić information content (AvgIpc) is 2.14. The minimum atomic E-state index is -1.00. The lowest BCUT2D eigenvalue weighted by Crippen LogP contribution is -2.08. The minimum absolute atomic E-state index is 0.130. The Bertz CT molecular complexity index is 76.8. The highest BCUT2D eigenvalue weighted by Gasteiger charge is 2.29. The van der Waals surface area contributed by atoms with Gasteiger partial charge in [0.15, 0.2) is 6.17 Å². The van der Waals surface area contributed by atoms with Gasteiger partial charge in [-0.2, -0.15) is 0 Å². The first-order valence-corrected chi connectivity index (χ1v) is 2.52. The molecule has 1 aliphatic heterocycles. The summed E-state index contributed by atoms with van der Waals surface area (Å²) in [6, 6.07) is 0. The van der Waals surface area contributed by atoms with Gasteiger partial charge in [0.05, 0.1) is 6.61 Å². The first kappa shape index (κ1) is 5.98. The van der Waals surface area contributed by atoms with E-state index in [2.05, 4.69) is 4.74 Å². The summed E-state index contributed by atoms with van der Waals surface area (Å²) < 4.78 is 21.6. The van der Waals surface area contributed by atoms with Gasteiger partial charge in [0.25, 0.3) is 6.29 Å². The van der Waals surface area contributed by atoms with Crippen LogP contribution in [-0.2, 0) is 9.47 Å². The molecule has 1 rings (SSSR count). The summed E-state index contributed by atoms with van der Waals surface area (Å²) in [6.45, 7) is 0.449. The van der Waals surface area contributed by atoms with E-state index in [4.69, 9.17) is 4.74 Å². The van der Waals surface area contributed by atoms with Gasteiger partial charge in [0, 0.05) is 13.5 Å². The molecule has 0 aromatic heterocycles. The van der Waals surface area contributed by atoms with Crippen molar-refractivity contribution in [3.8, 4) is 0 Å². The van der Waals surface area contributed by atoms with E-state index in [1.807, 2.05) is 0 Å². The van der Waals surface area contributed by atoms with Gasteiger partial charge in [-0.1, -0.05) is 0 Å².